The second-order valence-electron chi connectivity index (χ2n) is 4.75. The van der Waals surface area contributed by atoms with Crippen molar-refractivity contribution in [1.82, 2.24) is 0 Å². The van der Waals surface area contributed by atoms with Gasteiger partial charge in [-0.25, -0.2) is 0 Å². The third-order valence-corrected chi connectivity index (χ3v) is 5.70. The number of hydrogen-bond acceptors (Lipinski definition) is 4. The fourth-order valence-corrected chi connectivity index (χ4v) is 4.83. The lowest BCUT2D eigenvalue weighted by atomic mass is 10.1. The van der Waals surface area contributed by atoms with Gasteiger partial charge in [0.2, 0.25) is 0 Å². The van der Waals surface area contributed by atoms with E-state index in [0.717, 1.165) is 22.8 Å². The van der Waals surface area contributed by atoms with Gasteiger partial charge < -0.3 is 10.2 Å². The molecule has 0 aromatic carbocycles. The fourth-order valence-electron chi connectivity index (χ4n) is 2.44. The molecule has 3 rings (SSSR count). The molecule has 0 spiro atoms. The highest BCUT2D eigenvalue weighted by Crippen LogP contribution is 2.36. The summed E-state index contributed by atoms with van der Waals surface area (Å²) < 4.78 is 5.58. The third-order valence-electron chi connectivity index (χ3n) is 3.37. The summed E-state index contributed by atoms with van der Waals surface area (Å²) in [6.07, 6.45) is 1.20. The Kier molecular flexibility index (Phi) is 3.26. The zero-order chi connectivity index (χ0) is 12.7. The van der Waals surface area contributed by atoms with Crippen molar-refractivity contribution in [2.45, 2.75) is 32.1 Å². The smallest absolute Gasteiger partial charge is 0.106 e. The van der Waals surface area contributed by atoms with Crippen LogP contribution >= 0.6 is 23.1 Å². The monoisotopic (exact) mass is 279 g/mol. The largest absolute Gasteiger partial charge is 0.466 e. The highest BCUT2D eigenvalue weighted by molar-refractivity contribution is 7.98. The van der Waals surface area contributed by atoms with E-state index in [1.54, 1.807) is 0 Å². The molecule has 4 heteroatoms. The van der Waals surface area contributed by atoms with Gasteiger partial charge in [0.15, 0.2) is 0 Å². The van der Waals surface area contributed by atoms with Crippen molar-refractivity contribution < 1.29 is 4.42 Å². The number of hydrogen-bond donors (Lipinski definition) is 1. The first-order chi connectivity index (χ1) is 8.65. The number of nitrogens with two attached hydrogens (primary N) is 1. The van der Waals surface area contributed by atoms with E-state index in [1.807, 2.05) is 36.9 Å². The van der Waals surface area contributed by atoms with Gasteiger partial charge in [-0.3, -0.25) is 0 Å². The molecule has 18 heavy (non-hydrogen) atoms. The van der Waals surface area contributed by atoms with E-state index in [9.17, 15) is 0 Å². The summed E-state index contributed by atoms with van der Waals surface area (Å²) in [5, 5.41) is 0. The zero-order valence-corrected chi connectivity index (χ0v) is 12.3. The summed E-state index contributed by atoms with van der Waals surface area (Å²) in [6.45, 7) is 3.96. The van der Waals surface area contributed by atoms with Gasteiger partial charge in [0.05, 0.1) is 6.04 Å². The van der Waals surface area contributed by atoms with Gasteiger partial charge in [-0.2, -0.15) is 11.8 Å². The van der Waals surface area contributed by atoms with Gasteiger partial charge in [-0.05, 0) is 43.7 Å². The van der Waals surface area contributed by atoms with Crippen LogP contribution in [0.1, 0.15) is 38.4 Å². The van der Waals surface area contributed by atoms with E-state index >= 15 is 0 Å². The van der Waals surface area contributed by atoms with Gasteiger partial charge in [-0.15, -0.1) is 11.3 Å². The Morgan fingerprint density at radius 3 is 2.83 bits per heavy atom. The molecule has 2 nitrogen and oxygen atoms in total. The first-order valence-electron chi connectivity index (χ1n) is 6.17. The molecular weight excluding hydrogens is 262 g/mol. The predicted octanol–water partition coefficient (Wildman–Crippen LogP) is 3.80. The normalized spacial score (nSPS) is 16.6. The molecule has 2 aromatic heterocycles. The van der Waals surface area contributed by atoms with Crippen molar-refractivity contribution in [3.63, 3.8) is 0 Å². The van der Waals surface area contributed by atoms with Crippen LogP contribution in [-0.4, -0.2) is 5.75 Å². The Bertz CT molecular complexity index is 547. The Labute approximate surface area is 116 Å². The lowest BCUT2D eigenvalue weighted by molar-refractivity contribution is 0.500. The summed E-state index contributed by atoms with van der Waals surface area (Å²) in [5.74, 6) is 4.27. The van der Waals surface area contributed by atoms with E-state index in [2.05, 4.69) is 12.1 Å². The lowest BCUT2D eigenvalue weighted by Gasteiger charge is -2.08. The van der Waals surface area contributed by atoms with Gasteiger partial charge in [0.25, 0.3) is 0 Å². The molecule has 0 bridgehead atoms. The Balaban J connectivity index is 1.94. The van der Waals surface area contributed by atoms with Crippen molar-refractivity contribution in [2.24, 2.45) is 5.73 Å². The first kappa shape index (κ1) is 12.3. The maximum atomic E-state index is 6.39. The van der Waals surface area contributed by atoms with Crippen molar-refractivity contribution in [3.8, 4) is 0 Å². The molecule has 1 aliphatic heterocycles. The van der Waals surface area contributed by atoms with Gasteiger partial charge in [0.1, 0.15) is 11.5 Å². The topological polar surface area (TPSA) is 39.2 Å². The van der Waals surface area contributed by atoms with E-state index in [0.29, 0.717) is 0 Å². The zero-order valence-electron chi connectivity index (χ0n) is 10.7. The molecule has 3 heterocycles. The number of furan rings is 1. The van der Waals surface area contributed by atoms with E-state index in [4.69, 9.17) is 10.2 Å². The van der Waals surface area contributed by atoms with E-state index in [-0.39, 0.29) is 6.04 Å². The molecule has 0 radical (unpaired) electrons. The summed E-state index contributed by atoms with van der Waals surface area (Å²) in [5.41, 5.74) is 9.00. The highest BCUT2D eigenvalue weighted by Gasteiger charge is 2.20. The molecule has 0 fully saturated rings. The number of thioether (sulfide) groups is 1. The van der Waals surface area contributed by atoms with Crippen LogP contribution in [0.2, 0.25) is 0 Å². The Morgan fingerprint density at radius 2 is 2.17 bits per heavy atom. The maximum absolute atomic E-state index is 6.39. The predicted molar refractivity (Wildman–Crippen MR) is 78.4 cm³/mol. The second-order valence-corrected chi connectivity index (χ2v) is 7.02. The van der Waals surface area contributed by atoms with Gasteiger partial charge in [-0.1, -0.05) is 0 Å². The summed E-state index contributed by atoms with van der Waals surface area (Å²) in [4.78, 5) is 2.79. The number of thiophene rings is 1. The molecule has 0 saturated heterocycles. The Hall–Kier alpha value is -0.710. The van der Waals surface area contributed by atoms with Crippen LogP contribution in [0.25, 0.3) is 0 Å². The van der Waals surface area contributed by atoms with Crippen molar-refractivity contribution in [1.29, 1.82) is 0 Å². The van der Waals surface area contributed by atoms with Crippen molar-refractivity contribution in [2.75, 3.05) is 5.75 Å². The van der Waals surface area contributed by atoms with Gasteiger partial charge in [0, 0.05) is 21.1 Å². The molecule has 96 valence electrons. The Morgan fingerprint density at radius 1 is 1.33 bits per heavy atom. The quantitative estimate of drug-likeness (QED) is 0.909. The van der Waals surface area contributed by atoms with Crippen LogP contribution in [0.5, 0.6) is 0 Å². The van der Waals surface area contributed by atoms with Crippen LogP contribution < -0.4 is 5.73 Å². The average Bonchev–Trinajstić information content (AvgIpc) is 2.91. The van der Waals surface area contributed by atoms with E-state index in [1.165, 1.54) is 27.5 Å². The third kappa shape index (κ3) is 2.13. The van der Waals surface area contributed by atoms with Crippen molar-refractivity contribution >= 4 is 23.1 Å². The lowest BCUT2D eigenvalue weighted by Crippen LogP contribution is -2.10. The van der Waals surface area contributed by atoms with Crippen LogP contribution in [0.4, 0.5) is 0 Å². The molecule has 1 aliphatic rings. The standard InChI is InChI=1S/C14H17NOS2/c1-8-5-11(9(2)16-8)14(15)13-6-10-7-17-4-3-12(10)18-13/h5-6,14H,3-4,7,15H2,1-2H3. The van der Waals surface area contributed by atoms with Crippen LogP contribution in [0, 0.1) is 13.8 Å². The van der Waals surface area contributed by atoms with Crippen LogP contribution in [0.15, 0.2) is 16.5 Å². The summed E-state index contributed by atoms with van der Waals surface area (Å²) in [7, 11) is 0. The molecule has 1 unspecified atom stereocenters. The minimum Gasteiger partial charge on any atom is -0.466 e. The molecule has 1 atom stereocenters. The molecule has 2 aromatic rings. The van der Waals surface area contributed by atoms with Gasteiger partial charge >= 0.3 is 0 Å². The number of fused-ring (bicyclic) bond motifs is 1. The molecule has 0 amide bonds. The molecule has 2 N–H and O–H groups in total. The minimum absolute atomic E-state index is 0.0388. The molecule has 0 aliphatic carbocycles. The summed E-state index contributed by atoms with van der Waals surface area (Å²) in [6, 6.07) is 4.31. The molecular formula is C14H17NOS2. The number of aryl methyl sites for hydroxylation is 3. The first-order valence-corrected chi connectivity index (χ1v) is 8.14. The number of rotatable bonds is 2. The van der Waals surface area contributed by atoms with Crippen LogP contribution in [0.3, 0.4) is 0 Å². The van der Waals surface area contributed by atoms with E-state index < -0.39 is 0 Å². The van der Waals surface area contributed by atoms with Crippen LogP contribution in [-0.2, 0) is 12.2 Å². The average molecular weight is 279 g/mol. The fraction of sp³-hybridized carbons (Fsp3) is 0.429. The highest BCUT2D eigenvalue weighted by atomic mass is 32.2. The van der Waals surface area contributed by atoms with Crippen molar-refractivity contribution in [3.05, 3.63) is 44.5 Å². The maximum Gasteiger partial charge on any atom is 0.106 e. The second kappa shape index (κ2) is 4.76. The molecule has 0 saturated carbocycles. The minimum atomic E-state index is -0.0388. The summed E-state index contributed by atoms with van der Waals surface area (Å²) >= 11 is 3.89. The SMILES string of the molecule is Cc1cc(C(N)c2cc3c(s2)CCSC3)c(C)o1.